The van der Waals surface area contributed by atoms with Crippen molar-refractivity contribution in [2.75, 3.05) is 27.3 Å². The van der Waals surface area contributed by atoms with Crippen LogP contribution in [-0.4, -0.2) is 45.9 Å². The Morgan fingerprint density at radius 2 is 1.76 bits per heavy atom. The fourth-order valence-corrected chi connectivity index (χ4v) is 4.51. The molecule has 0 bridgehead atoms. The van der Waals surface area contributed by atoms with Crippen LogP contribution in [0.25, 0.3) is 0 Å². The largest absolute Gasteiger partial charge is 0.497 e. The van der Waals surface area contributed by atoms with E-state index in [9.17, 15) is 13.2 Å². The van der Waals surface area contributed by atoms with Crippen LogP contribution in [0.2, 0.25) is 5.02 Å². The molecule has 0 radical (unpaired) electrons. The van der Waals surface area contributed by atoms with Gasteiger partial charge in [0.25, 0.3) is 5.91 Å². The summed E-state index contributed by atoms with van der Waals surface area (Å²) in [6.45, 7) is 4.36. The number of carbonyl (C=O) groups excluding carboxylic acids is 1. The summed E-state index contributed by atoms with van der Waals surface area (Å²) < 4.78 is 37.3. The minimum Gasteiger partial charge on any atom is -0.497 e. The van der Waals surface area contributed by atoms with Gasteiger partial charge in [0.15, 0.2) is 0 Å². The van der Waals surface area contributed by atoms with Gasteiger partial charge >= 0.3 is 0 Å². The first kappa shape index (κ1) is 23.0. The third-order valence-electron chi connectivity index (χ3n) is 4.46. The van der Waals surface area contributed by atoms with Crippen molar-refractivity contribution in [2.24, 2.45) is 0 Å². The molecule has 1 N–H and O–H groups in total. The molecule has 0 aliphatic rings. The van der Waals surface area contributed by atoms with E-state index in [2.05, 4.69) is 5.32 Å². The zero-order valence-electron chi connectivity index (χ0n) is 16.9. The van der Waals surface area contributed by atoms with Gasteiger partial charge in [-0.15, -0.1) is 0 Å². The van der Waals surface area contributed by atoms with Crippen molar-refractivity contribution in [3.8, 4) is 11.5 Å². The van der Waals surface area contributed by atoms with Gasteiger partial charge in [-0.25, -0.2) is 8.42 Å². The number of nitrogens with zero attached hydrogens (tertiary/aromatic N) is 1. The van der Waals surface area contributed by atoms with Crippen molar-refractivity contribution in [1.82, 2.24) is 9.62 Å². The lowest BCUT2D eigenvalue weighted by atomic mass is 10.1. The number of nitrogens with one attached hydrogen (secondary N) is 1. The predicted octanol–water partition coefficient (Wildman–Crippen LogP) is 3.32. The molecule has 2 aromatic carbocycles. The van der Waals surface area contributed by atoms with Gasteiger partial charge in [-0.1, -0.05) is 25.4 Å². The zero-order chi connectivity index (χ0) is 21.6. The molecule has 29 heavy (non-hydrogen) atoms. The van der Waals surface area contributed by atoms with E-state index in [0.29, 0.717) is 24.6 Å². The second-order valence-corrected chi connectivity index (χ2v) is 8.44. The van der Waals surface area contributed by atoms with Gasteiger partial charge in [0.05, 0.1) is 29.7 Å². The Labute approximate surface area is 176 Å². The molecule has 158 valence electrons. The highest BCUT2D eigenvalue weighted by atomic mass is 35.5. The van der Waals surface area contributed by atoms with Crippen LogP contribution in [0.15, 0.2) is 41.3 Å². The Bertz CT molecular complexity index is 975. The first-order chi connectivity index (χ1) is 13.8. The summed E-state index contributed by atoms with van der Waals surface area (Å²) in [7, 11) is -0.619. The average Bonchev–Trinajstić information content (AvgIpc) is 2.72. The van der Waals surface area contributed by atoms with Crippen molar-refractivity contribution in [3.05, 3.63) is 52.5 Å². The van der Waals surface area contributed by atoms with Gasteiger partial charge in [-0.3, -0.25) is 4.79 Å². The molecule has 0 saturated heterocycles. The Balaban J connectivity index is 2.26. The first-order valence-electron chi connectivity index (χ1n) is 9.07. The second-order valence-electron chi connectivity index (χ2n) is 6.09. The van der Waals surface area contributed by atoms with Crippen LogP contribution in [0.5, 0.6) is 11.5 Å². The van der Waals surface area contributed by atoms with Gasteiger partial charge < -0.3 is 14.8 Å². The van der Waals surface area contributed by atoms with E-state index in [-0.39, 0.29) is 22.0 Å². The molecule has 7 nitrogen and oxygen atoms in total. The maximum atomic E-state index is 12.7. The molecule has 0 heterocycles. The zero-order valence-corrected chi connectivity index (χ0v) is 18.4. The quantitative estimate of drug-likeness (QED) is 0.646. The van der Waals surface area contributed by atoms with Gasteiger partial charge in [0, 0.05) is 31.3 Å². The normalized spacial score (nSPS) is 11.4. The van der Waals surface area contributed by atoms with Crippen molar-refractivity contribution in [2.45, 2.75) is 25.3 Å². The van der Waals surface area contributed by atoms with E-state index in [4.69, 9.17) is 21.1 Å². The standard InChI is InChI=1S/C20H25ClN2O5S/c1-5-23(6-2)29(25,26)16-9-10-18(21)17(12-16)20(24)22-13-14-7-8-15(27-3)11-19(14)28-4/h7-12H,5-6,13H2,1-4H3,(H,22,24). The number of ether oxygens (including phenoxy) is 2. The van der Waals surface area contributed by atoms with Crippen LogP contribution >= 0.6 is 11.6 Å². The number of hydrogen-bond acceptors (Lipinski definition) is 5. The number of benzene rings is 2. The number of halogens is 1. The Morgan fingerprint density at radius 3 is 2.34 bits per heavy atom. The average molecular weight is 441 g/mol. The molecule has 1 amide bonds. The molecular weight excluding hydrogens is 416 g/mol. The summed E-state index contributed by atoms with van der Waals surface area (Å²) in [4.78, 5) is 12.7. The first-order valence-corrected chi connectivity index (χ1v) is 10.9. The SMILES string of the molecule is CCN(CC)S(=O)(=O)c1ccc(Cl)c(C(=O)NCc2ccc(OC)cc2OC)c1. The summed E-state index contributed by atoms with van der Waals surface area (Å²) in [6, 6.07) is 9.37. The molecule has 0 atom stereocenters. The lowest BCUT2D eigenvalue weighted by Gasteiger charge is -2.19. The van der Waals surface area contributed by atoms with Crippen LogP contribution in [0.4, 0.5) is 0 Å². The van der Waals surface area contributed by atoms with E-state index < -0.39 is 15.9 Å². The van der Waals surface area contributed by atoms with E-state index in [1.54, 1.807) is 39.2 Å². The fraction of sp³-hybridized carbons (Fsp3) is 0.350. The van der Waals surface area contributed by atoms with Crippen molar-refractivity contribution in [1.29, 1.82) is 0 Å². The summed E-state index contributed by atoms with van der Waals surface area (Å²) in [5.41, 5.74) is 0.831. The van der Waals surface area contributed by atoms with E-state index in [1.807, 2.05) is 0 Å². The molecule has 0 unspecified atom stereocenters. The molecule has 0 spiro atoms. The van der Waals surface area contributed by atoms with Crippen molar-refractivity contribution in [3.63, 3.8) is 0 Å². The van der Waals surface area contributed by atoms with Crippen LogP contribution in [0.1, 0.15) is 29.8 Å². The highest BCUT2D eigenvalue weighted by Gasteiger charge is 2.24. The van der Waals surface area contributed by atoms with Gasteiger partial charge in [0.2, 0.25) is 10.0 Å². The topological polar surface area (TPSA) is 84.9 Å². The molecule has 0 fully saturated rings. The molecule has 2 rings (SSSR count). The number of amides is 1. The Hall–Kier alpha value is -2.29. The predicted molar refractivity (Wildman–Crippen MR) is 112 cm³/mol. The van der Waals surface area contributed by atoms with Crippen molar-refractivity contribution >= 4 is 27.5 Å². The summed E-state index contributed by atoms with van der Waals surface area (Å²) in [6.07, 6.45) is 0. The van der Waals surface area contributed by atoms with Gasteiger partial charge in [0.1, 0.15) is 11.5 Å². The second kappa shape index (κ2) is 9.96. The van der Waals surface area contributed by atoms with Crippen LogP contribution in [0.3, 0.4) is 0 Å². The summed E-state index contributed by atoms with van der Waals surface area (Å²) in [5, 5.41) is 2.92. The lowest BCUT2D eigenvalue weighted by molar-refractivity contribution is 0.0950. The maximum Gasteiger partial charge on any atom is 0.253 e. The molecule has 2 aromatic rings. The van der Waals surface area contributed by atoms with E-state index in [0.717, 1.165) is 5.56 Å². The highest BCUT2D eigenvalue weighted by Crippen LogP contribution is 2.26. The Kier molecular flexibility index (Phi) is 7.89. The van der Waals surface area contributed by atoms with Crippen LogP contribution < -0.4 is 14.8 Å². The lowest BCUT2D eigenvalue weighted by Crippen LogP contribution is -2.31. The minimum atomic E-state index is -3.70. The maximum absolute atomic E-state index is 12.7. The molecule has 0 aromatic heterocycles. The molecule has 0 aliphatic carbocycles. The molecular formula is C20H25ClN2O5S. The highest BCUT2D eigenvalue weighted by molar-refractivity contribution is 7.89. The van der Waals surface area contributed by atoms with Crippen molar-refractivity contribution < 1.29 is 22.7 Å². The molecule has 0 aliphatic heterocycles. The van der Waals surface area contributed by atoms with E-state index >= 15 is 0 Å². The number of methoxy groups -OCH3 is 2. The number of carbonyl (C=O) groups is 1. The minimum absolute atomic E-state index is 0.0257. The fourth-order valence-electron chi connectivity index (χ4n) is 2.82. The smallest absolute Gasteiger partial charge is 0.253 e. The number of sulfonamides is 1. The number of hydrogen-bond donors (Lipinski definition) is 1. The molecule has 0 saturated carbocycles. The monoisotopic (exact) mass is 440 g/mol. The van der Waals surface area contributed by atoms with Gasteiger partial charge in [-0.2, -0.15) is 4.31 Å². The summed E-state index contributed by atoms with van der Waals surface area (Å²) >= 11 is 6.16. The number of rotatable bonds is 9. The van der Waals surface area contributed by atoms with Crippen LogP contribution in [0, 0.1) is 0 Å². The summed E-state index contributed by atoms with van der Waals surface area (Å²) in [5.74, 6) is 0.715. The van der Waals surface area contributed by atoms with Crippen LogP contribution in [-0.2, 0) is 16.6 Å². The molecule has 9 heteroatoms. The third-order valence-corrected chi connectivity index (χ3v) is 6.83. The van der Waals surface area contributed by atoms with E-state index in [1.165, 1.54) is 29.6 Å². The Morgan fingerprint density at radius 1 is 1.07 bits per heavy atom. The third kappa shape index (κ3) is 5.20. The van der Waals surface area contributed by atoms with Gasteiger partial charge in [-0.05, 0) is 30.3 Å².